The van der Waals surface area contributed by atoms with E-state index in [4.69, 9.17) is 16.7 Å². The highest BCUT2D eigenvalue weighted by atomic mass is 35.5. The lowest BCUT2D eigenvalue weighted by atomic mass is 9.99. The van der Waals surface area contributed by atoms with Gasteiger partial charge in [-0.25, -0.2) is 9.59 Å². The number of hydrogen-bond acceptors (Lipinski definition) is 2. The van der Waals surface area contributed by atoms with Gasteiger partial charge in [0.2, 0.25) is 0 Å². The Kier molecular flexibility index (Phi) is 6.31. The molecule has 0 spiro atoms. The molecule has 2 atom stereocenters. The zero-order valence-corrected chi connectivity index (χ0v) is 12.3. The standard InChI is InChI=1S/C14H19ClN2O3/c1-3-9(2)12(13(18)19)17-14(20)16-8-10-5-4-6-11(15)7-10/h4-7,9,12H,3,8H2,1-2H3,(H,18,19)(H2,16,17,20). The number of carboxylic acids is 1. The number of nitrogens with one attached hydrogen (secondary N) is 2. The molecule has 5 nitrogen and oxygen atoms in total. The van der Waals surface area contributed by atoms with E-state index in [0.29, 0.717) is 18.0 Å². The predicted molar refractivity (Wildman–Crippen MR) is 77.7 cm³/mol. The first-order valence-electron chi connectivity index (χ1n) is 6.45. The second kappa shape index (κ2) is 7.75. The summed E-state index contributed by atoms with van der Waals surface area (Å²) in [6, 6.07) is 5.71. The fourth-order valence-electron chi connectivity index (χ4n) is 1.70. The molecule has 20 heavy (non-hydrogen) atoms. The second-order valence-electron chi connectivity index (χ2n) is 4.66. The van der Waals surface area contributed by atoms with Crippen molar-refractivity contribution in [3.8, 4) is 0 Å². The zero-order valence-electron chi connectivity index (χ0n) is 11.5. The van der Waals surface area contributed by atoms with Gasteiger partial charge in [0.05, 0.1) is 0 Å². The number of rotatable bonds is 6. The van der Waals surface area contributed by atoms with E-state index in [1.54, 1.807) is 25.1 Å². The van der Waals surface area contributed by atoms with Gasteiger partial charge in [-0.3, -0.25) is 0 Å². The Balaban J connectivity index is 2.52. The highest BCUT2D eigenvalue weighted by Crippen LogP contribution is 2.10. The lowest BCUT2D eigenvalue weighted by Crippen LogP contribution is -2.48. The van der Waals surface area contributed by atoms with E-state index < -0.39 is 18.0 Å². The summed E-state index contributed by atoms with van der Waals surface area (Å²) < 4.78 is 0. The Labute approximate surface area is 123 Å². The summed E-state index contributed by atoms with van der Waals surface area (Å²) in [7, 11) is 0. The Morgan fingerprint density at radius 2 is 2.10 bits per heavy atom. The number of halogens is 1. The molecule has 0 aliphatic carbocycles. The normalized spacial score (nSPS) is 13.3. The smallest absolute Gasteiger partial charge is 0.326 e. The van der Waals surface area contributed by atoms with Gasteiger partial charge in [-0.2, -0.15) is 0 Å². The summed E-state index contributed by atoms with van der Waals surface area (Å²) in [6.07, 6.45) is 0.672. The Bertz CT molecular complexity index is 479. The molecule has 0 radical (unpaired) electrons. The fraction of sp³-hybridized carbons (Fsp3) is 0.429. The lowest BCUT2D eigenvalue weighted by Gasteiger charge is -2.20. The first kappa shape index (κ1) is 16.3. The molecule has 6 heteroatoms. The van der Waals surface area contributed by atoms with E-state index in [1.165, 1.54) is 0 Å². The first-order valence-corrected chi connectivity index (χ1v) is 6.83. The fourth-order valence-corrected chi connectivity index (χ4v) is 1.92. The number of hydrogen-bond donors (Lipinski definition) is 3. The summed E-state index contributed by atoms with van der Waals surface area (Å²) in [5.41, 5.74) is 0.850. The van der Waals surface area contributed by atoms with Crippen molar-refractivity contribution >= 4 is 23.6 Å². The molecule has 1 aromatic rings. The molecular formula is C14H19ClN2O3. The molecule has 2 amide bonds. The van der Waals surface area contributed by atoms with Crippen LogP contribution in [0.5, 0.6) is 0 Å². The van der Waals surface area contributed by atoms with Crippen LogP contribution in [0.2, 0.25) is 5.02 Å². The third kappa shape index (κ3) is 5.09. The van der Waals surface area contributed by atoms with Crippen molar-refractivity contribution in [2.75, 3.05) is 0 Å². The van der Waals surface area contributed by atoms with Gasteiger partial charge in [0, 0.05) is 11.6 Å². The number of amides is 2. The molecule has 0 heterocycles. The highest BCUT2D eigenvalue weighted by molar-refractivity contribution is 6.30. The number of aliphatic carboxylic acids is 1. The molecule has 110 valence electrons. The van der Waals surface area contributed by atoms with Gasteiger partial charge < -0.3 is 15.7 Å². The third-order valence-electron chi connectivity index (χ3n) is 3.11. The monoisotopic (exact) mass is 298 g/mol. The highest BCUT2D eigenvalue weighted by Gasteiger charge is 2.24. The van der Waals surface area contributed by atoms with E-state index in [2.05, 4.69) is 10.6 Å². The molecule has 0 aliphatic heterocycles. The van der Waals surface area contributed by atoms with Crippen LogP contribution in [0, 0.1) is 5.92 Å². The van der Waals surface area contributed by atoms with Crippen LogP contribution >= 0.6 is 11.6 Å². The summed E-state index contributed by atoms with van der Waals surface area (Å²) in [6.45, 7) is 3.96. The molecular weight excluding hydrogens is 280 g/mol. The van der Waals surface area contributed by atoms with Crippen molar-refractivity contribution in [2.24, 2.45) is 5.92 Å². The van der Waals surface area contributed by atoms with Gasteiger partial charge in [-0.1, -0.05) is 44.0 Å². The molecule has 0 aromatic heterocycles. The third-order valence-corrected chi connectivity index (χ3v) is 3.34. The van der Waals surface area contributed by atoms with E-state index in [9.17, 15) is 9.59 Å². The maximum absolute atomic E-state index is 11.7. The van der Waals surface area contributed by atoms with Gasteiger partial charge in [0.15, 0.2) is 0 Å². The minimum atomic E-state index is -1.03. The minimum absolute atomic E-state index is 0.135. The number of urea groups is 1. The van der Waals surface area contributed by atoms with Gasteiger partial charge in [-0.15, -0.1) is 0 Å². The largest absolute Gasteiger partial charge is 0.480 e. The summed E-state index contributed by atoms with van der Waals surface area (Å²) >= 11 is 5.84. The van der Waals surface area contributed by atoms with E-state index in [0.717, 1.165) is 5.56 Å². The molecule has 2 unspecified atom stereocenters. The molecule has 0 saturated heterocycles. The lowest BCUT2D eigenvalue weighted by molar-refractivity contribution is -0.140. The average molecular weight is 299 g/mol. The van der Waals surface area contributed by atoms with Crippen LogP contribution in [0.4, 0.5) is 4.79 Å². The van der Waals surface area contributed by atoms with Gasteiger partial charge in [0.1, 0.15) is 6.04 Å². The van der Waals surface area contributed by atoms with E-state index in [1.807, 2.05) is 13.0 Å². The molecule has 0 fully saturated rings. The maximum Gasteiger partial charge on any atom is 0.326 e. The SMILES string of the molecule is CCC(C)C(NC(=O)NCc1cccc(Cl)c1)C(=O)O. The Hall–Kier alpha value is -1.75. The number of carbonyl (C=O) groups is 2. The van der Waals surface area contributed by atoms with Crippen molar-refractivity contribution in [3.63, 3.8) is 0 Å². The van der Waals surface area contributed by atoms with Crippen molar-refractivity contribution in [2.45, 2.75) is 32.9 Å². The molecule has 0 bridgehead atoms. The van der Waals surface area contributed by atoms with E-state index in [-0.39, 0.29) is 5.92 Å². The van der Waals surface area contributed by atoms with Crippen LogP contribution in [0.25, 0.3) is 0 Å². The summed E-state index contributed by atoms with van der Waals surface area (Å²) in [4.78, 5) is 22.8. The van der Waals surface area contributed by atoms with Crippen LogP contribution in [0.3, 0.4) is 0 Å². The van der Waals surface area contributed by atoms with Crippen LogP contribution in [-0.2, 0) is 11.3 Å². The van der Waals surface area contributed by atoms with Crippen molar-refractivity contribution in [3.05, 3.63) is 34.9 Å². The van der Waals surface area contributed by atoms with Crippen LogP contribution in [0.15, 0.2) is 24.3 Å². The average Bonchev–Trinajstić information content (AvgIpc) is 2.41. The van der Waals surface area contributed by atoms with E-state index >= 15 is 0 Å². The van der Waals surface area contributed by atoms with Gasteiger partial charge in [-0.05, 0) is 23.6 Å². The minimum Gasteiger partial charge on any atom is -0.480 e. The molecule has 1 aromatic carbocycles. The predicted octanol–water partition coefficient (Wildman–Crippen LogP) is 2.64. The Morgan fingerprint density at radius 3 is 2.65 bits per heavy atom. The van der Waals surface area contributed by atoms with Crippen molar-refractivity contribution < 1.29 is 14.7 Å². The van der Waals surface area contributed by atoms with Crippen LogP contribution < -0.4 is 10.6 Å². The van der Waals surface area contributed by atoms with Crippen LogP contribution in [0.1, 0.15) is 25.8 Å². The molecule has 0 saturated carbocycles. The second-order valence-corrected chi connectivity index (χ2v) is 5.09. The molecule has 1 rings (SSSR count). The maximum atomic E-state index is 11.7. The van der Waals surface area contributed by atoms with Crippen LogP contribution in [-0.4, -0.2) is 23.1 Å². The first-order chi connectivity index (χ1) is 9.43. The van der Waals surface area contributed by atoms with Crippen molar-refractivity contribution in [1.82, 2.24) is 10.6 Å². The number of carbonyl (C=O) groups excluding carboxylic acids is 1. The summed E-state index contributed by atoms with van der Waals surface area (Å²) in [5, 5.41) is 14.8. The van der Waals surface area contributed by atoms with Gasteiger partial charge in [0.25, 0.3) is 0 Å². The zero-order chi connectivity index (χ0) is 15.1. The number of carboxylic acid groups (broad SMARTS) is 1. The van der Waals surface area contributed by atoms with Gasteiger partial charge >= 0.3 is 12.0 Å². The summed E-state index contributed by atoms with van der Waals surface area (Å²) in [5.74, 6) is -1.17. The quantitative estimate of drug-likeness (QED) is 0.755. The Morgan fingerprint density at radius 1 is 1.40 bits per heavy atom. The molecule has 3 N–H and O–H groups in total. The topological polar surface area (TPSA) is 78.4 Å². The number of benzene rings is 1. The molecule has 0 aliphatic rings. The van der Waals surface area contributed by atoms with Crippen molar-refractivity contribution in [1.29, 1.82) is 0 Å².